The van der Waals surface area contributed by atoms with Crippen molar-refractivity contribution in [1.82, 2.24) is 0 Å². The van der Waals surface area contributed by atoms with E-state index in [2.05, 4.69) is 17.3 Å². The van der Waals surface area contributed by atoms with Crippen molar-refractivity contribution in [2.24, 2.45) is 16.9 Å². The number of carboxylic acid groups (broad SMARTS) is 1. The monoisotopic (exact) mass is 556 g/mol. The molecule has 5 nitrogen and oxygen atoms in total. The first-order valence-corrected chi connectivity index (χ1v) is 13.5. The highest BCUT2D eigenvalue weighted by molar-refractivity contribution is 5.96. The van der Waals surface area contributed by atoms with Gasteiger partial charge >= 0.3 is 12.1 Å². The Labute approximate surface area is 230 Å². The SMILES string of the molecule is COc1ccc(F)c(C2C=C(C)C(Cc3ccc(N4N=C(C(F)(F)F)C(CC5CC5)C4CC(=O)O)cc3)=CC2)c1. The summed E-state index contributed by atoms with van der Waals surface area (Å²) in [6.45, 7) is 1.98. The Bertz CT molecular complexity index is 1360. The molecule has 0 radical (unpaired) electrons. The number of nitrogens with zero attached hydrogens (tertiary/aromatic N) is 2. The van der Waals surface area contributed by atoms with Gasteiger partial charge in [0.2, 0.25) is 0 Å². The lowest BCUT2D eigenvalue weighted by Gasteiger charge is -2.27. The van der Waals surface area contributed by atoms with Crippen molar-refractivity contribution in [3.8, 4) is 5.75 Å². The molecule has 1 heterocycles. The summed E-state index contributed by atoms with van der Waals surface area (Å²) in [5.74, 6) is -1.70. The van der Waals surface area contributed by atoms with Gasteiger partial charge in [-0.1, -0.05) is 42.7 Å². The second-order valence-corrected chi connectivity index (χ2v) is 10.9. The number of halogens is 4. The highest BCUT2D eigenvalue weighted by Crippen LogP contribution is 2.44. The number of carbonyl (C=O) groups is 1. The summed E-state index contributed by atoms with van der Waals surface area (Å²) in [7, 11) is 1.55. The van der Waals surface area contributed by atoms with Gasteiger partial charge in [0, 0.05) is 11.8 Å². The van der Waals surface area contributed by atoms with Crippen molar-refractivity contribution in [3.05, 3.63) is 82.7 Å². The van der Waals surface area contributed by atoms with Crippen molar-refractivity contribution in [1.29, 1.82) is 0 Å². The average Bonchev–Trinajstić information content (AvgIpc) is 3.66. The summed E-state index contributed by atoms with van der Waals surface area (Å²) in [5.41, 5.74) is 3.22. The molecule has 3 atom stereocenters. The standard InChI is InChI=1S/C31H32F4N2O3/c1-18-13-22(25-16-24(40-2)11-12-27(25)32)8-7-21(18)14-19-5-9-23(10-6-19)37-28(17-29(38)39)26(15-20-3-4-20)30(36-37)31(33,34)35/h5-7,9-13,16,20,22,26,28H,3-4,8,14-15,17H2,1-2H3,(H,38,39). The van der Waals surface area contributed by atoms with E-state index in [9.17, 15) is 27.5 Å². The largest absolute Gasteiger partial charge is 0.497 e. The minimum Gasteiger partial charge on any atom is -0.497 e. The average molecular weight is 557 g/mol. The van der Waals surface area contributed by atoms with Gasteiger partial charge in [0.15, 0.2) is 0 Å². The van der Waals surface area contributed by atoms with Gasteiger partial charge in [0.25, 0.3) is 0 Å². The molecule has 212 valence electrons. The summed E-state index contributed by atoms with van der Waals surface area (Å²) < 4.78 is 61.4. The molecule has 2 aliphatic carbocycles. The van der Waals surface area contributed by atoms with Crippen molar-refractivity contribution in [2.45, 2.75) is 63.6 Å². The number of allylic oxidation sites excluding steroid dienone is 4. The highest BCUT2D eigenvalue weighted by atomic mass is 19.4. The van der Waals surface area contributed by atoms with Crippen LogP contribution >= 0.6 is 0 Å². The van der Waals surface area contributed by atoms with E-state index >= 15 is 0 Å². The Kier molecular flexibility index (Phi) is 7.75. The van der Waals surface area contributed by atoms with Gasteiger partial charge in [-0.25, -0.2) is 4.39 Å². The van der Waals surface area contributed by atoms with E-state index in [1.807, 2.05) is 19.1 Å². The lowest BCUT2D eigenvalue weighted by Crippen LogP contribution is -2.38. The Morgan fingerprint density at radius 2 is 1.88 bits per heavy atom. The summed E-state index contributed by atoms with van der Waals surface area (Å²) in [6.07, 6.45) is 2.39. The van der Waals surface area contributed by atoms with Crippen LogP contribution in [-0.2, 0) is 11.2 Å². The second kappa shape index (κ2) is 11.1. The van der Waals surface area contributed by atoms with Gasteiger partial charge in [0.05, 0.1) is 25.3 Å². The molecule has 0 aromatic heterocycles. The van der Waals surface area contributed by atoms with Gasteiger partial charge in [-0.15, -0.1) is 0 Å². The molecule has 3 aliphatic rings. The molecule has 0 saturated heterocycles. The van der Waals surface area contributed by atoms with Crippen molar-refractivity contribution in [3.63, 3.8) is 0 Å². The number of anilines is 1. The van der Waals surface area contributed by atoms with Crippen LogP contribution in [0.15, 0.2) is 70.9 Å². The van der Waals surface area contributed by atoms with Crippen LogP contribution in [-0.4, -0.2) is 36.1 Å². The van der Waals surface area contributed by atoms with Crippen LogP contribution in [0.2, 0.25) is 0 Å². The first-order chi connectivity index (χ1) is 19.0. The zero-order valence-corrected chi connectivity index (χ0v) is 22.4. The highest BCUT2D eigenvalue weighted by Gasteiger charge is 2.51. The molecule has 2 aromatic carbocycles. The number of rotatable bonds is 9. The van der Waals surface area contributed by atoms with Crippen molar-refractivity contribution in [2.75, 3.05) is 12.1 Å². The van der Waals surface area contributed by atoms with E-state index in [1.165, 1.54) is 11.1 Å². The lowest BCUT2D eigenvalue weighted by atomic mass is 9.84. The van der Waals surface area contributed by atoms with Crippen LogP contribution in [0.1, 0.15) is 56.1 Å². The molecular formula is C31H32F4N2O3. The fraction of sp³-hybridized carbons (Fsp3) is 0.419. The Balaban J connectivity index is 1.32. The second-order valence-electron chi connectivity index (χ2n) is 10.9. The third-order valence-electron chi connectivity index (χ3n) is 8.08. The smallest absolute Gasteiger partial charge is 0.431 e. The third kappa shape index (κ3) is 6.08. The molecule has 0 spiro atoms. The molecule has 1 N–H and O–H groups in total. The molecule has 0 amide bonds. The summed E-state index contributed by atoms with van der Waals surface area (Å²) >= 11 is 0. The topological polar surface area (TPSA) is 62.1 Å². The minimum absolute atomic E-state index is 0.105. The molecule has 40 heavy (non-hydrogen) atoms. The number of hydrogen-bond donors (Lipinski definition) is 1. The maximum absolute atomic E-state index is 14.5. The normalized spacial score (nSPS) is 23.0. The maximum atomic E-state index is 14.5. The molecule has 3 unspecified atom stereocenters. The van der Waals surface area contributed by atoms with Crippen molar-refractivity contribution >= 4 is 17.4 Å². The number of aliphatic carboxylic acids is 1. The molecule has 1 aliphatic heterocycles. The Morgan fingerprint density at radius 3 is 2.48 bits per heavy atom. The van der Waals surface area contributed by atoms with Gasteiger partial charge in [-0.2, -0.15) is 18.3 Å². The predicted molar refractivity (Wildman–Crippen MR) is 145 cm³/mol. The number of hydrogen-bond acceptors (Lipinski definition) is 4. The van der Waals surface area contributed by atoms with Crippen LogP contribution in [0, 0.1) is 17.7 Å². The molecular weight excluding hydrogens is 524 g/mol. The number of carboxylic acids is 1. The molecule has 0 bridgehead atoms. The molecule has 1 saturated carbocycles. The van der Waals surface area contributed by atoms with Gasteiger partial charge in [0.1, 0.15) is 17.3 Å². The number of benzene rings is 2. The van der Waals surface area contributed by atoms with E-state index in [0.717, 1.165) is 29.6 Å². The Morgan fingerprint density at radius 1 is 1.15 bits per heavy atom. The summed E-state index contributed by atoms with van der Waals surface area (Å²) in [4.78, 5) is 11.6. The van der Waals surface area contributed by atoms with Crippen LogP contribution in [0.5, 0.6) is 5.75 Å². The minimum atomic E-state index is -4.62. The first-order valence-electron chi connectivity index (χ1n) is 13.5. The first kappa shape index (κ1) is 27.9. The van der Waals surface area contributed by atoms with Crippen molar-refractivity contribution < 1.29 is 32.2 Å². The van der Waals surface area contributed by atoms with Gasteiger partial charge in [-0.05, 0) is 79.1 Å². The molecule has 1 fully saturated rings. The fourth-order valence-electron chi connectivity index (χ4n) is 5.78. The van der Waals surface area contributed by atoms with Crippen LogP contribution in [0.3, 0.4) is 0 Å². The predicted octanol–water partition coefficient (Wildman–Crippen LogP) is 7.43. The quantitative estimate of drug-likeness (QED) is 0.326. The third-order valence-corrected chi connectivity index (χ3v) is 8.08. The van der Waals surface area contributed by atoms with Crippen LogP contribution < -0.4 is 9.75 Å². The van der Waals surface area contributed by atoms with E-state index in [-0.39, 0.29) is 17.7 Å². The van der Waals surface area contributed by atoms with E-state index in [4.69, 9.17) is 4.74 Å². The molecule has 2 aromatic rings. The molecule has 5 rings (SSSR count). The Hall–Kier alpha value is -3.62. The number of ether oxygens (including phenoxy) is 1. The number of methoxy groups -OCH3 is 1. The zero-order chi connectivity index (χ0) is 28.6. The van der Waals surface area contributed by atoms with E-state index in [1.54, 1.807) is 31.4 Å². The fourth-order valence-corrected chi connectivity index (χ4v) is 5.78. The van der Waals surface area contributed by atoms with Crippen LogP contribution in [0.4, 0.5) is 23.2 Å². The molecule has 9 heteroatoms. The van der Waals surface area contributed by atoms with Gasteiger partial charge in [-0.3, -0.25) is 9.80 Å². The lowest BCUT2D eigenvalue weighted by molar-refractivity contribution is -0.137. The number of hydrazone groups is 1. The van der Waals surface area contributed by atoms with E-state index < -0.39 is 36.2 Å². The van der Waals surface area contributed by atoms with Gasteiger partial charge < -0.3 is 9.84 Å². The number of alkyl halides is 3. The van der Waals surface area contributed by atoms with Crippen LogP contribution in [0.25, 0.3) is 0 Å². The summed E-state index contributed by atoms with van der Waals surface area (Å²) in [6, 6.07) is 10.9. The van der Waals surface area contributed by atoms with E-state index in [0.29, 0.717) is 36.3 Å². The maximum Gasteiger partial charge on any atom is 0.431 e. The zero-order valence-electron chi connectivity index (χ0n) is 22.4. The summed E-state index contributed by atoms with van der Waals surface area (Å²) in [5, 5.41) is 14.7.